The SMILES string of the molecule is COc1ccc2c(c1)C(=O)N(c1ncc(N3c4ccccc4Oc4ccccc43)cn1)C2=O. The molecule has 8 heteroatoms. The largest absolute Gasteiger partial charge is 0.497 e. The molecule has 0 N–H and O–H groups in total. The molecule has 33 heavy (non-hydrogen) atoms. The van der Waals surface area contributed by atoms with E-state index in [1.807, 2.05) is 53.4 Å². The number of para-hydroxylation sites is 4. The van der Waals surface area contributed by atoms with E-state index >= 15 is 0 Å². The van der Waals surface area contributed by atoms with E-state index in [-0.39, 0.29) is 11.5 Å². The number of ether oxygens (including phenoxy) is 2. The lowest BCUT2D eigenvalue weighted by Crippen LogP contribution is -2.31. The van der Waals surface area contributed by atoms with E-state index in [1.54, 1.807) is 30.6 Å². The van der Waals surface area contributed by atoms with Gasteiger partial charge in [-0.25, -0.2) is 14.9 Å². The van der Waals surface area contributed by atoms with E-state index in [0.717, 1.165) is 16.3 Å². The zero-order chi connectivity index (χ0) is 22.5. The first kappa shape index (κ1) is 19.0. The molecule has 1 aromatic heterocycles. The van der Waals surface area contributed by atoms with Crippen LogP contribution in [-0.2, 0) is 0 Å². The molecule has 6 rings (SSSR count). The van der Waals surface area contributed by atoms with Gasteiger partial charge in [-0.15, -0.1) is 0 Å². The van der Waals surface area contributed by atoms with E-state index in [4.69, 9.17) is 9.47 Å². The summed E-state index contributed by atoms with van der Waals surface area (Å²) in [6.07, 6.45) is 3.18. The van der Waals surface area contributed by atoms with Crippen molar-refractivity contribution >= 4 is 34.8 Å². The Morgan fingerprint density at radius 3 is 2.00 bits per heavy atom. The Hall–Kier alpha value is -4.72. The summed E-state index contributed by atoms with van der Waals surface area (Å²) in [4.78, 5) is 37.5. The van der Waals surface area contributed by atoms with Gasteiger partial charge in [0.15, 0.2) is 11.5 Å². The molecule has 0 saturated heterocycles. The molecule has 0 aliphatic carbocycles. The first-order chi connectivity index (χ1) is 16.2. The number of nitrogens with zero attached hydrogens (tertiary/aromatic N) is 4. The lowest BCUT2D eigenvalue weighted by molar-refractivity contribution is 0.0923. The van der Waals surface area contributed by atoms with Crippen LogP contribution in [0.5, 0.6) is 17.2 Å². The van der Waals surface area contributed by atoms with Gasteiger partial charge in [0.2, 0.25) is 5.95 Å². The Balaban J connectivity index is 1.39. The molecular weight excluding hydrogens is 420 g/mol. The fourth-order valence-electron chi connectivity index (χ4n) is 4.06. The lowest BCUT2D eigenvalue weighted by atomic mass is 10.1. The van der Waals surface area contributed by atoms with Crippen molar-refractivity contribution in [3.63, 3.8) is 0 Å². The van der Waals surface area contributed by atoms with Crippen molar-refractivity contribution in [2.24, 2.45) is 0 Å². The van der Waals surface area contributed by atoms with Gasteiger partial charge >= 0.3 is 0 Å². The Bertz CT molecular complexity index is 1390. The van der Waals surface area contributed by atoms with Gasteiger partial charge in [0, 0.05) is 0 Å². The number of amides is 2. The first-order valence-corrected chi connectivity index (χ1v) is 10.2. The van der Waals surface area contributed by atoms with Crippen LogP contribution >= 0.6 is 0 Å². The topological polar surface area (TPSA) is 84.9 Å². The Labute approximate surface area is 188 Å². The van der Waals surface area contributed by atoms with E-state index in [9.17, 15) is 9.59 Å². The minimum atomic E-state index is -0.483. The fraction of sp³-hybridized carbons (Fsp3) is 0.0400. The number of aromatic nitrogens is 2. The minimum absolute atomic E-state index is 0.0127. The van der Waals surface area contributed by atoms with Gasteiger partial charge in [0.25, 0.3) is 11.8 Å². The summed E-state index contributed by atoms with van der Waals surface area (Å²) in [5, 5.41) is 0. The number of imide groups is 1. The van der Waals surface area contributed by atoms with Crippen LogP contribution in [0.4, 0.5) is 23.0 Å². The zero-order valence-electron chi connectivity index (χ0n) is 17.4. The van der Waals surface area contributed by atoms with Gasteiger partial charge in [-0.1, -0.05) is 24.3 Å². The summed E-state index contributed by atoms with van der Waals surface area (Å²) in [5.41, 5.74) is 2.90. The maximum atomic E-state index is 12.9. The molecule has 4 aromatic rings. The van der Waals surface area contributed by atoms with E-state index in [2.05, 4.69) is 9.97 Å². The number of fused-ring (bicyclic) bond motifs is 3. The Morgan fingerprint density at radius 2 is 1.36 bits per heavy atom. The molecule has 2 aliphatic heterocycles. The predicted octanol–water partition coefficient (Wildman–Crippen LogP) is 4.86. The zero-order valence-corrected chi connectivity index (χ0v) is 17.4. The molecule has 2 aliphatic rings. The summed E-state index contributed by atoms with van der Waals surface area (Å²) < 4.78 is 11.2. The monoisotopic (exact) mass is 436 g/mol. The maximum Gasteiger partial charge on any atom is 0.268 e. The van der Waals surface area contributed by atoms with Crippen LogP contribution in [0.15, 0.2) is 79.1 Å². The molecule has 0 spiro atoms. The summed E-state index contributed by atoms with van der Waals surface area (Å²) in [6.45, 7) is 0. The molecule has 0 bridgehead atoms. The molecule has 0 fully saturated rings. The van der Waals surface area contributed by atoms with Crippen LogP contribution in [0, 0.1) is 0 Å². The third kappa shape index (κ3) is 2.85. The molecule has 0 atom stereocenters. The third-order valence-corrected chi connectivity index (χ3v) is 5.61. The minimum Gasteiger partial charge on any atom is -0.497 e. The van der Waals surface area contributed by atoms with E-state index < -0.39 is 11.8 Å². The first-order valence-electron chi connectivity index (χ1n) is 10.2. The highest BCUT2D eigenvalue weighted by atomic mass is 16.5. The molecule has 3 heterocycles. The number of hydrogen-bond acceptors (Lipinski definition) is 7. The van der Waals surface area contributed by atoms with Crippen LogP contribution in [0.3, 0.4) is 0 Å². The van der Waals surface area contributed by atoms with Gasteiger partial charge in [0.05, 0.1) is 47.7 Å². The third-order valence-electron chi connectivity index (χ3n) is 5.61. The molecule has 3 aromatic carbocycles. The number of rotatable bonds is 3. The highest BCUT2D eigenvalue weighted by molar-refractivity contribution is 6.34. The van der Waals surface area contributed by atoms with Crippen molar-refractivity contribution < 1.29 is 19.1 Å². The second-order valence-electron chi connectivity index (χ2n) is 7.47. The summed E-state index contributed by atoms with van der Waals surface area (Å²) in [7, 11) is 1.50. The van der Waals surface area contributed by atoms with Crippen molar-refractivity contribution in [2.45, 2.75) is 0 Å². The second-order valence-corrected chi connectivity index (χ2v) is 7.47. The summed E-state index contributed by atoms with van der Waals surface area (Å²) in [5.74, 6) is 0.969. The average molecular weight is 436 g/mol. The van der Waals surface area contributed by atoms with Gasteiger partial charge in [0.1, 0.15) is 5.75 Å². The van der Waals surface area contributed by atoms with E-state index in [1.165, 1.54) is 7.11 Å². The summed E-state index contributed by atoms with van der Waals surface area (Å²) >= 11 is 0. The smallest absolute Gasteiger partial charge is 0.268 e. The van der Waals surface area contributed by atoms with Gasteiger partial charge in [-0.05, 0) is 42.5 Å². The Kier molecular flexibility index (Phi) is 4.13. The van der Waals surface area contributed by atoms with Gasteiger partial charge in [-0.3, -0.25) is 9.59 Å². The second kappa shape index (κ2) is 7.16. The molecule has 160 valence electrons. The Morgan fingerprint density at radius 1 is 0.758 bits per heavy atom. The van der Waals surface area contributed by atoms with Crippen molar-refractivity contribution in [3.8, 4) is 17.2 Å². The highest BCUT2D eigenvalue weighted by Gasteiger charge is 2.39. The molecule has 2 amide bonds. The van der Waals surface area contributed by atoms with Crippen molar-refractivity contribution in [1.29, 1.82) is 0 Å². The lowest BCUT2D eigenvalue weighted by Gasteiger charge is -2.32. The van der Waals surface area contributed by atoms with Crippen LogP contribution in [0.25, 0.3) is 0 Å². The van der Waals surface area contributed by atoms with E-state index in [0.29, 0.717) is 28.5 Å². The van der Waals surface area contributed by atoms with Crippen molar-refractivity contribution in [1.82, 2.24) is 9.97 Å². The van der Waals surface area contributed by atoms with Crippen LogP contribution < -0.4 is 19.3 Å². The number of carbonyl (C=O) groups excluding carboxylic acids is 2. The van der Waals surface area contributed by atoms with Crippen molar-refractivity contribution in [3.05, 3.63) is 90.3 Å². The van der Waals surface area contributed by atoms with Crippen LogP contribution in [0.2, 0.25) is 0 Å². The summed E-state index contributed by atoms with van der Waals surface area (Å²) in [6, 6.07) is 20.1. The molecule has 0 unspecified atom stereocenters. The number of anilines is 4. The van der Waals surface area contributed by atoms with Crippen LogP contribution in [0.1, 0.15) is 20.7 Å². The predicted molar refractivity (Wildman–Crippen MR) is 121 cm³/mol. The molecule has 0 saturated carbocycles. The average Bonchev–Trinajstić information content (AvgIpc) is 3.11. The standard InChI is InChI=1S/C25H16N4O4/c1-32-16-10-11-17-18(12-16)24(31)29(23(17)30)25-26-13-15(14-27-25)28-19-6-2-4-8-21(19)33-22-9-5-3-7-20(22)28/h2-14H,1H3. The van der Waals surface area contributed by atoms with Gasteiger partial charge < -0.3 is 14.4 Å². The molecule has 0 radical (unpaired) electrons. The number of carbonyl (C=O) groups is 2. The fourth-order valence-corrected chi connectivity index (χ4v) is 4.06. The molecule has 8 nitrogen and oxygen atoms in total. The maximum absolute atomic E-state index is 12.9. The molecular formula is C25H16N4O4. The normalized spacial score (nSPS) is 13.8. The number of methoxy groups -OCH3 is 1. The van der Waals surface area contributed by atoms with Crippen LogP contribution in [-0.4, -0.2) is 28.9 Å². The van der Waals surface area contributed by atoms with Gasteiger partial charge in [-0.2, -0.15) is 0 Å². The highest BCUT2D eigenvalue weighted by Crippen LogP contribution is 2.49. The number of hydrogen-bond donors (Lipinski definition) is 0. The number of benzene rings is 3. The van der Waals surface area contributed by atoms with Crippen molar-refractivity contribution in [2.75, 3.05) is 16.9 Å². The quantitative estimate of drug-likeness (QED) is 0.373.